The molecule has 0 saturated carbocycles. The summed E-state index contributed by atoms with van der Waals surface area (Å²) in [6.45, 7) is 3.58. The molecule has 0 aliphatic carbocycles. The summed E-state index contributed by atoms with van der Waals surface area (Å²) in [5.74, 6) is -1.78. The van der Waals surface area contributed by atoms with Crippen LogP contribution in [0, 0.1) is 6.92 Å². The van der Waals surface area contributed by atoms with Gasteiger partial charge in [0.2, 0.25) is 5.91 Å². The van der Waals surface area contributed by atoms with Crippen molar-refractivity contribution in [3.63, 3.8) is 0 Å². The normalized spacial score (nSPS) is 12.2. The number of esters is 1. The first-order chi connectivity index (χ1) is 17.9. The number of benzene rings is 1. The molecule has 3 rings (SSSR count). The van der Waals surface area contributed by atoms with Crippen molar-refractivity contribution in [3.8, 4) is 27.7 Å². The largest absolute Gasteiger partial charge is 0.573 e. The van der Waals surface area contributed by atoms with Gasteiger partial charge < -0.3 is 25.1 Å². The minimum atomic E-state index is -4.78. The quantitative estimate of drug-likeness (QED) is 0.268. The number of hydrogen-bond donors (Lipinski definition) is 2. The minimum Gasteiger partial charge on any atom is -0.467 e. The van der Waals surface area contributed by atoms with Crippen LogP contribution in [0.5, 0.6) is 5.75 Å². The lowest BCUT2D eigenvalue weighted by Crippen LogP contribution is -2.40. The van der Waals surface area contributed by atoms with Crippen LogP contribution in [0.4, 0.5) is 13.2 Å². The number of aromatic nitrogens is 2. The topological polar surface area (TPSA) is 126 Å². The van der Waals surface area contributed by atoms with Gasteiger partial charge in [-0.1, -0.05) is 0 Å². The summed E-state index contributed by atoms with van der Waals surface area (Å²) in [5, 5.41) is 4.93. The van der Waals surface area contributed by atoms with Gasteiger partial charge in [0.05, 0.1) is 24.1 Å². The highest BCUT2D eigenvalue weighted by atomic mass is 32.1. The van der Waals surface area contributed by atoms with Crippen LogP contribution in [-0.4, -0.2) is 46.8 Å². The third-order valence-corrected chi connectivity index (χ3v) is 6.61. The number of carbonyl (C=O) groups is 3. The molecule has 0 aliphatic heterocycles. The maximum atomic E-state index is 12.4. The number of methoxy groups -OCH3 is 1. The molecule has 1 atom stereocenters. The summed E-state index contributed by atoms with van der Waals surface area (Å²) in [6.07, 6.45) is -3.20. The van der Waals surface area contributed by atoms with Crippen molar-refractivity contribution in [2.75, 3.05) is 7.11 Å². The van der Waals surface area contributed by atoms with Crippen molar-refractivity contribution in [1.82, 2.24) is 14.9 Å². The Morgan fingerprint density at radius 3 is 2.45 bits per heavy atom. The molecule has 0 fully saturated rings. The monoisotopic (exact) mass is 552 g/mol. The lowest BCUT2D eigenvalue weighted by molar-refractivity contribution is -0.274. The highest BCUT2D eigenvalue weighted by molar-refractivity contribution is 7.13. The number of nitrogens with two attached hydrogens (primary N) is 1. The molecular formula is C25H27F3N4O5S. The molecule has 3 aromatic rings. The molecule has 2 aromatic heterocycles. The molecule has 9 nitrogen and oxygen atoms in total. The highest BCUT2D eigenvalue weighted by Gasteiger charge is 2.31. The second-order valence-electron chi connectivity index (χ2n) is 8.43. The third-order valence-electron chi connectivity index (χ3n) is 5.72. The Bertz CT molecular complexity index is 1300. The van der Waals surface area contributed by atoms with E-state index in [2.05, 4.69) is 15.0 Å². The zero-order valence-electron chi connectivity index (χ0n) is 20.9. The number of alkyl halides is 3. The van der Waals surface area contributed by atoms with Gasteiger partial charge in [0.1, 0.15) is 16.8 Å². The molecule has 2 amide bonds. The van der Waals surface area contributed by atoms with Gasteiger partial charge in [0.25, 0.3) is 5.91 Å². The van der Waals surface area contributed by atoms with Crippen LogP contribution in [0.15, 0.2) is 35.7 Å². The minimum absolute atomic E-state index is 0.332. The zero-order chi connectivity index (χ0) is 28.0. The van der Waals surface area contributed by atoms with Gasteiger partial charge in [-0.25, -0.2) is 9.78 Å². The molecule has 0 bridgehead atoms. The van der Waals surface area contributed by atoms with Crippen LogP contribution in [-0.2, 0) is 20.9 Å². The molecule has 0 spiro atoms. The summed E-state index contributed by atoms with van der Waals surface area (Å²) in [7, 11) is 1.25. The average molecular weight is 553 g/mol. The van der Waals surface area contributed by atoms with E-state index < -0.39 is 24.3 Å². The average Bonchev–Trinajstić information content (AvgIpc) is 3.45. The predicted molar refractivity (Wildman–Crippen MR) is 134 cm³/mol. The van der Waals surface area contributed by atoms with E-state index in [0.717, 1.165) is 0 Å². The fraction of sp³-hybridized carbons (Fsp3) is 0.360. The number of nitrogens with one attached hydrogen (secondary N) is 1. The molecule has 0 aliphatic rings. The van der Waals surface area contributed by atoms with E-state index in [-0.39, 0.29) is 11.7 Å². The van der Waals surface area contributed by atoms with Gasteiger partial charge in [-0.15, -0.1) is 24.5 Å². The number of halogens is 3. The first-order valence-corrected chi connectivity index (χ1v) is 12.4. The Kier molecular flexibility index (Phi) is 9.15. The molecule has 3 N–H and O–H groups in total. The van der Waals surface area contributed by atoms with Crippen LogP contribution >= 0.6 is 11.3 Å². The molecule has 13 heteroatoms. The van der Waals surface area contributed by atoms with Crippen molar-refractivity contribution in [2.24, 2.45) is 5.73 Å². The maximum absolute atomic E-state index is 12.4. The van der Waals surface area contributed by atoms with Crippen LogP contribution < -0.4 is 15.8 Å². The number of amides is 2. The first kappa shape index (κ1) is 28.7. The Morgan fingerprint density at radius 1 is 1.18 bits per heavy atom. The van der Waals surface area contributed by atoms with Crippen LogP contribution in [0.1, 0.15) is 42.2 Å². The summed E-state index contributed by atoms with van der Waals surface area (Å²) in [6, 6.07) is 6.30. The van der Waals surface area contributed by atoms with Crippen molar-refractivity contribution < 1.29 is 37.0 Å². The van der Waals surface area contributed by atoms with Gasteiger partial charge in [0, 0.05) is 30.1 Å². The summed E-state index contributed by atoms with van der Waals surface area (Å²) >= 11 is 1.30. The van der Waals surface area contributed by atoms with E-state index in [0.29, 0.717) is 59.0 Å². The van der Waals surface area contributed by atoms with E-state index in [1.54, 1.807) is 18.4 Å². The van der Waals surface area contributed by atoms with Crippen LogP contribution in [0.2, 0.25) is 0 Å². The van der Waals surface area contributed by atoms with Gasteiger partial charge in [-0.2, -0.15) is 0 Å². The Morgan fingerprint density at radius 2 is 1.87 bits per heavy atom. The number of ether oxygens (including phenoxy) is 2. The SMILES string of the molecule is COC(=O)C(CCCCn1c(-c2csc(-c3ccc(OC(F)(F)F)cc3)n2)cc(C(N)=O)c1C)NC(C)=O. The number of hydrogen-bond acceptors (Lipinski definition) is 7. The molecule has 0 saturated heterocycles. The highest BCUT2D eigenvalue weighted by Crippen LogP contribution is 2.33. The Hall–Kier alpha value is -3.87. The fourth-order valence-corrected chi connectivity index (χ4v) is 4.79. The van der Waals surface area contributed by atoms with Gasteiger partial charge in [-0.3, -0.25) is 9.59 Å². The van der Waals surface area contributed by atoms with Crippen molar-refractivity contribution in [2.45, 2.75) is 52.1 Å². The van der Waals surface area contributed by atoms with Crippen molar-refractivity contribution in [3.05, 3.63) is 47.0 Å². The predicted octanol–water partition coefficient (Wildman–Crippen LogP) is 4.43. The summed E-state index contributed by atoms with van der Waals surface area (Å²) < 4.78 is 47.9. The third kappa shape index (κ3) is 7.34. The van der Waals surface area contributed by atoms with Crippen LogP contribution in [0.25, 0.3) is 22.0 Å². The molecular weight excluding hydrogens is 525 g/mol. The first-order valence-electron chi connectivity index (χ1n) is 11.6. The molecule has 2 heterocycles. The summed E-state index contributed by atoms with van der Waals surface area (Å²) in [5.41, 5.74) is 8.39. The van der Waals surface area contributed by atoms with E-state index in [4.69, 9.17) is 10.5 Å². The second-order valence-corrected chi connectivity index (χ2v) is 9.28. The molecule has 1 aromatic carbocycles. The van der Waals surface area contributed by atoms with Gasteiger partial charge >= 0.3 is 12.3 Å². The lowest BCUT2D eigenvalue weighted by atomic mass is 10.1. The van der Waals surface area contributed by atoms with Gasteiger partial charge in [-0.05, 0) is 56.5 Å². The van der Waals surface area contributed by atoms with Crippen LogP contribution in [0.3, 0.4) is 0 Å². The Labute approximate surface area is 220 Å². The number of nitrogens with zero attached hydrogens (tertiary/aromatic N) is 2. The number of primary amides is 1. The molecule has 1 unspecified atom stereocenters. The number of rotatable bonds is 11. The second kappa shape index (κ2) is 12.1. The number of unbranched alkanes of at least 4 members (excludes halogenated alkanes) is 1. The molecule has 204 valence electrons. The fourth-order valence-electron chi connectivity index (χ4n) is 3.97. The van der Waals surface area contributed by atoms with E-state index in [1.165, 1.54) is 49.6 Å². The van der Waals surface area contributed by atoms with Gasteiger partial charge in [0.15, 0.2) is 0 Å². The van der Waals surface area contributed by atoms with Crippen molar-refractivity contribution >= 4 is 29.1 Å². The number of carbonyl (C=O) groups excluding carboxylic acids is 3. The van der Waals surface area contributed by atoms with E-state index >= 15 is 0 Å². The summed E-state index contributed by atoms with van der Waals surface area (Å²) in [4.78, 5) is 40.0. The molecule has 0 radical (unpaired) electrons. The van der Waals surface area contributed by atoms with E-state index in [9.17, 15) is 27.6 Å². The smallest absolute Gasteiger partial charge is 0.467 e. The molecule has 38 heavy (non-hydrogen) atoms. The van der Waals surface area contributed by atoms with Crippen molar-refractivity contribution in [1.29, 1.82) is 0 Å². The Balaban J connectivity index is 1.78. The maximum Gasteiger partial charge on any atom is 0.573 e. The lowest BCUT2D eigenvalue weighted by Gasteiger charge is -2.16. The zero-order valence-corrected chi connectivity index (χ0v) is 21.7. The van der Waals surface area contributed by atoms with E-state index in [1.807, 2.05) is 4.57 Å². The number of thiazole rings is 1. The standard InChI is InChI=1S/C25H27F3N4O5S/c1-14-18(22(29)34)12-21(32(14)11-5-4-6-19(24(35)36-3)30-15(2)33)20-13-38-23(31-20)16-7-9-17(10-8-16)37-25(26,27)28/h7-10,12-13,19H,4-6,11H2,1-3H3,(H2,29,34)(H,30,33).